The minimum atomic E-state index is -0.0477. The van der Waals surface area contributed by atoms with E-state index in [2.05, 4.69) is 16.9 Å². The average molecular weight is 286 g/mol. The van der Waals surface area contributed by atoms with Crippen LogP contribution >= 0.6 is 11.3 Å². The average Bonchev–Trinajstić information content (AvgIpc) is 3.04. The summed E-state index contributed by atoms with van der Waals surface area (Å²) in [6, 6.07) is 3.60. The van der Waals surface area contributed by atoms with Crippen LogP contribution in [0, 0.1) is 5.92 Å². The summed E-state index contributed by atoms with van der Waals surface area (Å²) in [4.78, 5) is 22.0. The van der Waals surface area contributed by atoms with Crippen molar-refractivity contribution in [2.45, 2.75) is 26.2 Å². The summed E-state index contributed by atoms with van der Waals surface area (Å²) in [6.07, 6.45) is 4.78. The maximum absolute atomic E-state index is 12.4. The van der Waals surface area contributed by atoms with Gasteiger partial charge in [0.05, 0.1) is 11.6 Å². The number of rotatable bonds is 1. The van der Waals surface area contributed by atoms with Crippen LogP contribution in [0.3, 0.4) is 0 Å². The number of aromatic nitrogens is 2. The van der Waals surface area contributed by atoms with E-state index in [1.165, 1.54) is 10.4 Å². The number of hydrogen-bond donors (Lipinski definition) is 1. The van der Waals surface area contributed by atoms with E-state index in [4.69, 9.17) is 4.42 Å². The molecule has 0 saturated carbocycles. The van der Waals surface area contributed by atoms with Gasteiger partial charge in [-0.25, -0.2) is 4.98 Å². The van der Waals surface area contributed by atoms with Gasteiger partial charge in [-0.15, -0.1) is 11.3 Å². The molecule has 0 bridgehead atoms. The summed E-state index contributed by atoms with van der Waals surface area (Å²) in [5.74, 6) is 1.81. The predicted molar refractivity (Wildman–Crippen MR) is 79.1 cm³/mol. The Bertz CT molecular complexity index is 830. The molecule has 0 fully saturated rings. The molecule has 0 spiro atoms. The van der Waals surface area contributed by atoms with Crippen molar-refractivity contribution >= 4 is 21.6 Å². The molecule has 1 aliphatic rings. The smallest absolute Gasteiger partial charge is 0.260 e. The first kappa shape index (κ1) is 11.9. The van der Waals surface area contributed by atoms with Gasteiger partial charge >= 0.3 is 0 Å². The molecule has 1 unspecified atom stereocenters. The molecule has 1 aliphatic carbocycles. The summed E-state index contributed by atoms with van der Waals surface area (Å²) in [5.41, 5.74) is 1.16. The van der Waals surface area contributed by atoms with E-state index in [1.54, 1.807) is 29.7 Å². The van der Waals surface area contributed by atoms with E-state index >= 15 is 0 Å². The third-order valence-corrected chi connectivity index (χ3v) is 5.07. The summed E-state index contributed by atoms with van der Waals surface area (Å²) >= 11 is 1.66. The fourth-order valence-corrected chi connectivity index (χ4v) is 4.26. The largest absolute Gasteiger partial charge is 0.461 e. The van der Waals surface area contributed by atoms with Gasteiger partial charge in [-0.3, -0.25) is 4.79 Å². The molecule has 1 N–H and O–H groups in total. The molecule has 20 heavy (non-hydrogen) atoms. The molecular formula is C15H14N2O2S. The molecule has 4 nitrogen and oxygen atoms in total. The standard InChI is InChI=1S/C15H14N2O2S/c1-8-4-5-9-11(7-8)20-15-12(9)14(18)16-13(17-15)10-3-2-6-19-10/h2-3,6,8H,4-5,7H2,1H3,(H,16,17,18). The lowest BCUT2D eigenvalue weighted by molar-refractivity contribution is 0.509. The fourth-order valence-electron chi connectivity index (χ4n) is 2.88. The molecule has 0 aromatic carbocycles. The zero-order valence-electron chi connectivity index (χ0n) is 11.1. The summed E-state index contributed by atoms with van der Waals surface area (Å²) in [7, 11) is 0. The number of fused-ring (bicyclic) bond motifs is 3. The van der Waals surface area contributed by atoms with Crippen molar-refractivity contribution in [1.29, 1.82) is 0 Å². The zero-order chi connectivity index (χ0) is 13.7. The van der Waals surface area contributed by atoms with Gasteiger partial charge in [-0.2, -0.15) is 0 Å². The number of aryl methyl sites for hydroxylation is 1. The molecule has 0 aliphatic heterocycles. The van der Waals surface area contributed by atoms with Crippen molar-refractivity contribution < 1.29 is 4.42 Å². The maximum Gasteiger partial charge on any atom is 0.260 e. The highest BCUT2D eigenvalue weighted by Gasteiger charge is 2.23. The molecule has 3 aromatic rings. The van der Waals surface area contributed by atoms with Crippen LogP contribution in [0.15, 0.2) is 27.6 Å². The second kappa shape index (κ2) is 4.31. The second-order valence-corrected chi connectivity index (χ2v) is 6.51. The van der Waals surface area contributed by atoms with Crippen molar-refractivity contribution in [2.75, 3.05) is 0 Å². The predicted octanol–water partition coefficient (Wildman–Crippen LogP) is 3.37. The third kappa shape index (κ3) is 1.73. The fraction of sp³-hybridized carbons (Fsp3) is 0.333. The Labute approximate surface area is 119 Å². The molecule has 5 heteroatoms. The van der Waals surface area contributed by atoms with Gasteiger partial charge in [0.25, 0.3) is 5.56 Å². The Hall–Kier alpha value is -1.88. The zero-order valence-corrected chi connectivity index (χ0v) is 11.9. The first-order chi connectivity index (χ1) is 9.72. The van der Waals surface area contributed by atoms with Gasteiger partial charge in [-0.1, -0.05) is 6.92 Å². The lowest BCUT2D eigenvalue weighted by Gasteiger charge is -2.17. The number of nitrogens with zero attached hydrogens (tertiary/aromatic N) is 1. The molecule has 1 atom stereocenters. The molecule has 3 aromatic heterocycles. The van der Waals surface area contributed by atoms with Crippen molar-refractivity contribution in [3.63, 3.8) is 0 Å². The summed E-state index contributed by atoms with van der Waals surface area (Å²) in [5, 5.41) is 0.784. The first-order valence-electron chi connectivity index (χ1n) is 6.81. The van der Waals surface area contributed by atoms with Crippen molar-refractivity contribution in [1.82, 2.24) is 9.97 Å². The highest BCUT2D eigenvalue weighted by molar-refractivity contribution is 7.18. The number of H-pyrrole nitrogens is 1. The Kier molecular flexibility index (Phi) is 2.57. The molecule has 0 saturated heterocycles. The van der Waals surface area contributed by atoms with E-state index in [0.717, 1.165) is 29.5 Å². The number of thiophene rings is 1. The van der Waals surface area contributed by atoms with Crippen LogP contribution in [-0.2, 0) is 12.8 Å². The number of furan rings is 1. The Morgan fingerprint density at radius 1 is 1.50 bits per heavy atom. The lowest BCUT2D eigenvalue weighted by atomic mass is 9.89. The quantitative estimate of drug-likeness (QED) is 0.746. The minimum absolute atomic E-state index is 0.0477. The van der Waals surface area contributed by atoms with Crippen LogP contribution in [0.2, 0.25) is 0 Å². The Morgan fingerprint density at radius 3 is 3.20 bits per heavy atom. The molecule has 0 radical (unpaired) electrons. The number of aromatic amines is 1. The molecule has 0 amide bonds. The maximum atomic E-state index is 12.4. The molecule has 102 valence electrons. The summed E-state index contributed by atoms with van der Waals surface area (Å²) in [6.45, 7) is 2.26. The second-order valence-electron chi connectivity index (χ2n) is 5.42. The Balaban J connectivity index is 1.96. The molecule has 4 rings (SSSR count). The van der Waals surface area contributed by atoms with Crippen LogP contribution < -0.4 is 5.56 Å². The minimum Gasteiger partial charge on any atom is -0.461 e. The van der Waals surface area contributed by atoms with Gasteiger partial charge < -0.3 is 9.40 Å². The summed E-state index contributed by atoms with van der Waals surface area (Å²) < 4.78 is 5.31. The van der Waals surface area contributed by atoms with Gasteiger partial charge in [0, 0.05) is 4.88 Å². The first-order valence-corrected chi connectivity index (χ1v) is 7.62. The van der Waals surface area contributed by atoms with Crippen LogP contribution in [0.1, 0.15) is 23.8 Å². The topological polar surface area (TPSA) is 58.9 Å². The van der Waals surface area contributed by atoms with E-state index in [-0.39, 0.29) is 5.56 Å². The van der Waals surface area contributed by atoms with Crippen molar-refractivity contribution in [2.24, 2.45) is 5.92 Å². The van der Waals surface area contributed by atoms with E-state index in [9.17, 15) is 4.79 Å². The number of hydrogen-bond acceptors (Lipinski definition) is 4. The van der Waals surface area contributed by atoms with E-state index in [0.29, 0.717) is 17.5 Å². The van der Waals surface area contributed by atoms with Crippen LogP contribution in [0.25, 0.3) is 21.8 Å². The van der Waals surface area contributed by atoms with E-state index in [1.807, 2.05) is 0 Å². The van der Waals surface area contributed by atoms with Gasteiger partial charge in [-0.05, 0) is 42.9 Å². The van der Waals surface area contributed by atoms with Crippen LogP contribution in [-0.4, -0.2) is 9.97 Å². The van der Waals surface area contributed by atoms with Crippen molar-refractivity contribution in [3.05, 3.63) is 39.2 Å². The van der Waals surface area contributed by atoms with Gasteiger partial charge in [0.2, 0.25) is 0 Å². The highest BCUT2D eigenvalue weighted by Crippen LogP contribution is 2.36. The van der Waals surface area contributed by atoms with Crippen LogP contribution in [0.5, 0.6) is 0 Å². The van der Waals surface area contributed by atoms with E-state index < -0.39 is 0 Å². The monoisotopic (exact) mass is 286 g/mol. The van der Waals surface area contributed by atoms with Gasteiger partial charge in [0.1, 0.15) is 4.83 Å². The molecule has 3 heterocycles. The normalized spacial score (nSPS) is 18.4. The Morgan fingerprint density at radius 2 is 2.40 bits per heavy atom. The highest BCUT2D eigenvalue weighted by atomic mass is 32.1. The van der Waals surface area contributed by atoms with Gasteiger partial charge in [0.15, 0.2) is 11.6 Å². The molecular weight excluding hydrogens is 272 g/mol. The number of nitrogens with one attached hydrogen (secondary N) is 1. The lowest BCUT2D eigenvalue weighted by Crippen LogP contribution is -2.13. The SMILES string of the molecule is CC1CCc2c(sc3nc(-c4ccco4)[nH]c(=O)c23)C1. The van der Waals surface area contributed by atoms with Crippen LogP contribution in [0.4, 0.5) is 0 Å². The van der Waals surface area contributed by atoms with Crippen molar-refractivity contribution in [3.8, 4) is 11.6 Å². The third-order valence-electron chi connectivity index (χ3n) is 3.92.